The van der Waals surface area contributed by atoms with Crippen LogP contribution in [-0.2, 0) is 22.7 Å². The number of carbonyl (C=O) groups excluding carboxylic acids is 2. The first-order valence-corrected chi connectivity index (χ1v) is 14.3. The van der Waals surface area contributed by atoms with Crippen molar-refractivity contribution >= 4 is 44.8 Å². The summed E-state index contributed by atoms with van der Waals surface area (Å²) in [6.07, 6.45) is 4.78. The highest BCUT2D eigenvalue weighted by molar-refractivity contribution is 6.50. The molecule has 208 valence electrons. The number of H-pyrrole nitrogens is 1. The molecular weight excluding hydrogens is 512 g/mol. The van der Waals surface area contributed by atoms with Crippen LogP contribution >= 0.6 is 0 Å². The molecule has 7 nitrogen and oxygen atoms in total. The largest absolute Gasteiger partial charge is 0.487 e. The highest BCUT2D eigenvalue weighted by Crippen LogP contribution is 2.40. The van der Waals surface area contributed by atoms with Gasteiger partial charge in [0.1, 0.15) is 12.4 Å². The van der Waals surface area contributed by atoms with E-state index in [1.54, 1.807) is 0 Å². The number of imide groups is 1. The van der Waals surface area contributed by atoms with Gasteiger partial charge in [0, 0.05) is 46.4 Å². The molecule has 2 N–H and O–H groups in total. The molecule has 6 rings (SSSR count). The van der Waals surface area contributed by atoms with Crippen LogP contribution in [0, 0.1) is 0 Å². The van der Waals surface area contributed by atoms with E-state index in [2.05, 4.69) is 33.6 Å². The van der Waals surface area contributed by atoms with Gasteiger partial charge in [-0.1, -0.05) is 74.5 Å². The van der Waals surface area contributed by atoms with E-state index < -0.39 is 0 Å². The van der Waals surface area contributed by atoms with E-state index in [0.29, 0.717) is 17.8 Å². The van der Waals surface area contributed by atoms with Crippen molar-refractivity contribution in [2.45, 2.75) is 33.4 Å². The lowest BCUT2D eigenvalue weighted by atomic mass is 9.95. The SMILES string of the molecule is CCN(CC)CCCn1cc(C2=C(c3c[nH]c4ccccc34)C(=O)NC2=O)c2cccc(OCc3ccccc3)c21. The molecule has 41 heavy (non-hydrogen) atoms. The van der Waals surface area contributed by atoms with Crippen LogP contribution < -0.4 is 10.1 Å². The van der Waals surface area contributed by atoms with Crippen molar-refractivity contribution in [3.63, 3.8) is 0 Å². The fourth-order valence-corrected chi connectivity index (χ4v) is 5.81. The average molecular weight is 547 g/mol. The zero-order chi connectivity index (χ0) is 28.3. The predicted octanol–water partition coefficient (Wildman–Crippen LogP) is 6.00. The van der Waals surface area contributed by atoms with Crippen molar-refractivity contribution in [1.29, 1.82) is 0 Å². The number of ether oxygens (including phenoxy) is 1. The van der Waals surface area contributed by atoms with E-state index in [4.69, 9.17) is 4.74 Å². The van der Waals surface area contributed by atoms with Crippen LogP contribution in [0.25, 0.3) is 33.0 Å². The third-order valence-corrected chi connectivity index (χ3v) is 7.93. The third-order valence-electron chi connectivity index (χ3n) is 7.93. The molecule has 0 radical (unpaired) electrons. The Labute approximate surface area is 239 Å². The molecule has 0 aliphatic carbocycles. The molecule has 3 heterocycles. The summed E-state index contributed by atoms with van der Waals surface area (Å²) >= 11 is 0. The molecule has 0 spiro atoms. The number of aromatic amines is 1. The van der Waals surface area contributed by atoms with Gasteiger partial charge in [0.2, 0.25) is 0 Å². The number of nitrogens with one attached hydrogen (secondary N) is 2. The molecular formula is C34H34N4O3. The zero-order valence-corrected chi connectivity index (χ0v) is 23.4. The smallest absolute Gasteiger partial charge is 0.259 e. The summed E-state index contributed by atoms with van der Waals surface area (Å²) < 4.78 is 8.56. The van der Waals surface area contributed by atoms with Gasteiger partial charge in [-0.3, -0.25) is 14.9 Å². The predicted molar refractivity (Wildman–Crippen MR) is 163 cm³/mol. The van der Waals surface area contributed by atoms with Gasteiger partial charge < -0.3 is 19.2 Å². The summed E-state index contributed by atoms with van der Waals surface area (Å²) in [6.45, 7) is 8.52. The Kier molecular flexibility index (Phi) is 7.44. The number of hydrogen-bond donors (Lipinski definition) is 2. The lowest BCUT2D eigenvalue weighted by Gasteiger charge is -2.18. The minimum Gasteiger partial charge on any atom is -0.487 e. The minimum absolute atomic E-state index is 0.381. The van der Waals surface area contributed by atoms with E-state index in [9.17, 15) is 9.59 Å². The van der Waals surface area contributed by atoms with E-state index in [-0.39, 0.29) is 11.8 Å². The summed E-state index contributed by atoms with van der Waals surface area (Å²) in [6, 6.07) is 23.8. The molecule has 2 amide bonds. The number of hydrogen-bond acceptors (Lipinski definition) is 4. The molecule has 0 unspecified atom stereocenters. The number of amides is 2. The van der Waals surface area contributed by atoms with Gasteiger partial charge in [-0.15, -0.1) is 0 Å². The number of aromatic nitrogens is 2. The molecule has 0 fully saturated rings. The van der Waals surface area contributed by atoms with Gasteiger partial charge >= 0.3 is 0 Å². The highest BCUT2D eigenvalue weighted by atomic mass is 16.5. The Bertz CT molecular complexity index is 1760. The van der Waals surface area contributed by atoms with Crippen LogP contribution in [0.3, 0.4) is 0 Å². The standard InChI is InChI=1S/C34H34N4O3/c1-3-37(4-2)18-11-19-38-21-27(25-15-10-17-29(32(25)38)41-22-23-12-6-5-7-13-23)31-30(33(39)36-34(31)40)26-20-35-28-16-9-8-14-24(26)28/h5-10,12-17,20-21,35H,3-4,11,18-19,22H2,1-2H3,(H,36,39,40). The van der Waals surface area contributed by atoms with Gasteiger partial charge in [0.15, 0.2) is 0 Å². The number of rotatable bonds is 11. The quantitative estimate of drug-likeness (QED) is 0.199. The summed E-state index contributed by atoms with van der Waals surface area (Å²) in [7, 11) is 0. The number of nitrogens with zero attached hydrogens (tertiary/aromatic N) is 2. The molecule has 0 saturated carbocycles. The van der Waals surface area contributed by atoms with Gasteiger partial charge in [-0.25, -0.2) is 0 Å². The molecule has 1 aliphatic heterocycles. The fraction of sp³-hybridized carbons (Fsp3) is 0.235. The zero-order valence-electron chi connectivity index (χ0n) is 23.4. The molecule has 3 aromatic carbocycles. The number of benzene rings is 3. The second-order valence-corrected chi connectivity index (χ2v) is 10.3. The van der Waals surface area contributed by atoms with Crippen molar-refractivity contribution < 1.29 is 14.3 Å². The number of fused-ring (bicyclic) bond motifs is 2. The van der Waals surface area contributed by atoms with Crippen molar-refractivity contribution in [2.24, 2.45) is 0 Å². The van der Waals surface area contributed by atoms with E-state index in [0.717, 1.165) is 76.8 Å². The summed E-state index contributed by atoms with van der Waals surface area (Å²) in [5.74, 6) is -0.0128. The summed E-state index contributed by atoms with van der Waals surface area (Å²) in [5.41, 5.74) is 5.16. The van der Waals surface area contributed by atoms with Crippen LogP contribution in [-0.4, -0.2) is 45.9 Å². The average Bonchev–Trinajstić information content (AvgIpc) is 3.67. The van der Waals surface area contributed by atoms with Crippen LogP contribution in [0.4, 0.5) is 0 Å². The molecule has 2 aromatic heterocycles. The van der Waals surface area contributed by atoms with Crippen molar-refractivity contribution in [2.75, 3.05) is 19.6 Å². The molecule has 5 aromatic rings. The van der Waals surface area contributed by atoms with E-state index >= 15 is 0 Å². The first kappa shape index (κ1) is 26.6. The maximum Gasteiger partial charge on any atom is 0.259 e. The van der Waals surface area contributed by atoms with Gasteiger partial charge in [0.25, 0.3) is 11.8 Å². The van der Waals surface area contributed by atoms with Crippen LogP contribution in [0.5, 0.6) is 5.75 Å². The maximum atomic E-state index is 13.4. The Hall–Kier alpha value is -4.62. The first-order chi connectivity index (χ1) is 20.1. The van der Waals surface area contributed by atoms with Crippen molar-refractivity contribution in [3.05, 3.63) is 102 Å². The van der Waals surface area contributed by atoms with Gasteiger partial charge in [0.05, 0.1) is 16.7 Å². The Morgan fingerprint density at radius 2 is 1.51 bits per heavy atom. The molecule has 7 heteroatoms. The topological polar surface area (TPSA) is 79.4 Å². The van der Waals surface area contributed by atoms with E-state index in [1.807, 2.05) is 85.2 Å². The molecule has 0 saturated heterocycles. The monoisotopic (exact) mass is 546 g/mol. The number of para-hydroxylation sites is 2. The summed E-state index contributed by atoms with van der Waals surface area (Å²) in [4.78, 5) is 32.3. The normalized spacial score (nSPS) is 13.6. The number of carbonyl (C=O) groups is 2. The number of aryl methyl sites for hydroxylation is 1. The van der Waals surface area contributed by atoms with E-state index in [1.165, 1.54) is 0 Å². The van der Waals surface area contributed by atoms with Crippen molar-refractivity contribution in [1.82, 2.24) is 19.8 Å². The second-order valence-electron chi connectivity index (χ2n) is 10.3. The fourth-order valence-electron chi connectivity index (χ4n) is 5.81. The molecule has 0 atom stereocenters. The maximum absolute atomic E-state index is 13.4. The highest BCUT2D eigenvalue weighted by Gasteiger charge is 2.35. The van der Waals surface area contributed by atoms with Crippen LogP contribution in [0.2, 0.25) is 0 Å². The van der Waals surface area contributed by atoms with Gasteiger partial charge in [-0.2, -0.15) is 0 Å². The van der Waals surface area contributed by atoms with Crippen molar-refractivity contribution in [3.8, 4) is 5.75 Å². The second kappa shape index (κ2) is 11.5. The summed E-state index contributed by atoms with van der Waals surface area (Å²) in [5, 5.41) is 4.35. The lowest BCUT2D eigenvalue weighted by Crippen LogP contribution is -2.24. The molecule has 0 bridgehead atoms. The third kappa shape index (κ3) is 5.05. The minimum atomic E-state index is -0.381. The first-order valence-electron chi connectivity index (χ1n) is 14.3. The molecule has 1 aliphatic rings. The van der Waals surface area contributed by atoms with Gasteiger partial charge in [-0.05, 0) is 43.8 Å². The Balaban J connectivity index is 1.48. The lowest BCUT2D eigenvalue weighted by molar-refractivity contribution is -0.122. The Morgan fingerprint density at radius 1 is 0.805 bits per heavy atom. The van der Waals surface area contributed by atoms with Crippen LogP contribution in [0.15, 0.2) is 85.2 Å². The van der Waals surface area contributed by atoms with Crippen LogP contribution in [0.1, 0.15) is 37.0 Å². The Morgan fingerprint density at radius 3 is 2.29 bits per heavy atom.